The molecule has 0 N–H and O–H groups in total. The summed E-state index contributed by atoms with van der Waals surface area (Å²) >= 11 is 0. The molecule has 19 heavy (non-hydrogen) atoms. The van der Waals surface area contributed by atoms with Gasteiger partial charge in [-0.1, -0.05) is 0 Å². The summed E-state index contributed by atoms with van der Waals surface area (Å²) in [6.45, 7) is 5.44. The monoisotopic (exact) mass is 265 g/mol. The molecule has 2 heterocycles. The summed E-state index contributed by atoms with van der Waals surface area (Å²) in [7, 11) is 2.83. The van der Waals surface area contributed by atoms with E-state index in [0.717, 1.165) is 4.57 Å². The average Bonchev–Trinajstić information content (AvgIpc) is 2.28. The van der Waals surface area contributed by atoms with Crippen molar-refractivity contribution < 1.29 is 4.73 Å². The summed E-state index contributed by atoms with van der Waals surface area (Å²) in [5, 5.41) is 16.4. The molecule has 0 atom stereocenters. The lowest BCUT2D eigenvalue weighted by molar-refractivity contribution is -0.613. The molecule has 2 aliphatic rings. The second-order valence-electron chi connectivity index (χ2n) is 5.42. The highest BCUT2D eigenvalue weighted by atomic mass is 16.5. The maximum Gasteiger partial charge on any atom is 0.352 e. The molecule has 102 valence electrons. The molecular formula is C11H15N5O3. The van der Waals surface area contributed by atoms with Gasteiger partial charge in [0.05, 0.1) is 17.6 Å². The van der Waals surface area contributed by atoms with Crippen LogP contribution in [0.5, 0.6) is 0 Å². The quantitative estimate of drug-likeness (QED) is 0.445. The molecule has 0 aromatic rings. The molecule has 0 aliphatic carbocycles. The van der Waals surface area contributed by atoms with E-state index in [-0.39, 0.29) is 17.3 Å². The second kappa shape index (κ2) is 3.87. The van der Waals surface area contributed by atoms with Crippen LogP contribution in [0.1, 0.15) is 26.6 Å². The molecule has 0 aromatic carbocycles. The third-order valence-electron chi connectivity index (χ3n) is 2.83. The summed E-state index contributed by atoms with van der Waals surface area (Å²) in [4.78, 5) is 27.3. The van der Waals surface area contributed by atoms with Crippen molar-refractivity contribution in [3.63, 3.8) is 0 Å². The Morgan fingerprint density at radius 1 is 1.21 bits per heavy atom. The van der Waals surface area contributed by atoms with Gasteiger partial charge in [0.15, 0.2) is 0 Å². The van der Waals surface area contributed by atoms with Crippen molar-refractivity contribution in [2.24, 2.45) is 14.1 Å². The standard InChI is InChI=1S/C11H15N5O3/c1-11(2,3)9-13-15(5)7-6(16(9)19)8(17)14(4)10(18)12-7/h1-5H3. The van der Waals surface area contributed by atoms with Gasteiger partial charge in [0.2, 0.25) is 11.5 Å². The molecule has 2 aliphatic heterocycles. The van der Waals surface area contributed by atoms with Gasteiger partial charge in [-0.3, -0.25) is 9.36 Å². The van der Waals surface area contributed by atoms with Gasteiger partial charge in [-0.25, -0.2) is 9.52 Å². The van der Waals surface area contributed by atoms with Crippen molar-refractivity contribution in [3.8, 4) is 11.5 Å². The van der Waals surface area contributed by atoms with Gasteiger partial charge >= 0.3 is 17.1 Å². The van der Waals surface area contributed by atoms with Crippen LogP contribution in [0.4, 0.5) is 0 Å². The maximum atomic E-state index is 12.3. The molecule has 8 nitrogen and oxygen atoms in total. The van der Waals surface area contributed by atoms with Gasteiger partial charge in [0.25, 0.3) is 0 Å². The number of hydrogen-bond acceptors (Lipinski definition) is 5. The Morgan fingerprint density at radius 2 is 1.79 bits per heavy atom. The third-order valence-corrected chi connectivity index (χ3v) is 2.83. The highest BCUT2D eigenvalue weighted by Gasteiger charge is 2.33. The van der Waals surface area contributed by atoms with E-state index in [0.29, 0.717) is 4.73 Å². The maximum absolute atomic E-state index is 12.3. The summed E-state index contributed by atoms with van der Waals surface area (Å²) in [6.07, 6.45) is 0. The highest BCUT2D eigenvalue weighted by molar-refractivity contribution is 5.43. The first-order valence-electron chi connectivity index (χ1n) is 5.72. The molecule has 8 heteroatoms. The topological polar surface area (TPSA) is 96.7 Å². The van der Waals surface area contributed by atoms with Crippen molar-refractivity contribution >= 4 is 0 Å². The lowest BCUT2D eigenvalue weighted by Crippen LogP contribution is -2.51. The molecule has 0 saturated heterocycles. The molecule has 0 unspecified atom stereocenters. The summed E-state index contributed by atoms with van der Waals surface area (Å²) < 4.78 is 2.56. The Hall–Kier alpha value is -2.25. The zero-order valence-electron chi connectivity index (χ0n) is 11.5. The van der Waals surface area contributed by atoms with Crippen LogP contribution in [-0.2, 0) is 19.5 Å². The Balaban J connectivity index is 3.05. The van der Waals surface area contributed by atoms with Crippen molar-refractivity contribution in [2.75, 3.05) is 0 Å². The van der Waals surface area contributed by atoms with Crippen LogP contribution in [0, 0.1) is 5.21 Å². The molecule has 0 saturated carbocycles. The van der Waals surface area contributed by atoms with Crippen LogP contribution in [-0.4, -0.2) is 19.3 Å². The van der Waals surface area contributed by atoms with E-state index in [2.05, 4.69) is 10.1 Å². The van der Waals surface area contributed by atoms with Gasteiger partial charge in [-0.2, -0.15) is 9.67 Å². The van der Waals surface area contributed by atoms with E-state index in [4.69, 9.17) is 0 Å². The lowest BCUT2D eigenvalue weighted by Gasteiger charge is -2.20. The fourth-order valence-corrected chi connectivity index (χ4v) is 1.75. The Morgan fingerprint density at radius 3 is 2.32 bits per heavy atom. The Labute approximate surface area is 108 Å². The third kappa shape index (κ3) is 1.88. The van der Waals surface area contributed by atoms with Crippen molar-refractivity contribution in [1.82, 2.24) is 19.3 Å². The van der Waals surface area contributed by atoms with Crippen LogP contribution in [0.2, 0.25) is 0 Å². The first kappa shape index (κ1) is 13.2. The predicted molar refractivity (Wildman–Crippen MR) is 66.8 cm³/mol. The largest absolute Gasteiger partial charge is 0.710 e. The predicted octanol–water partition coefficient (Wildman–Crippen LogP) is -1.09. The van der Waals surface area contributed by atoms with Crippen molar-refractivity contribution in [3.05, 3.63) is 31.9 Å². The minimum Gasteiger partial charge on any atom is -0.710 e. The number of rotatable bonds is 0. The molecule has 0 bridgehead atoms. The normalized spacial score (nSPS) is 12.1. The van der Waals surface area contributed by atoms with E-state index in [9.17, 15) is 14.8 Å². The van der Waals surface area contributed by atoms with Crippen LogP contribution in [0.3, 0.4) is 0 Å². The van der Waals surface area contributed by atoms with Gasteiger partial charge in [0, 0.05) is 7.05 Å². The number of aryl methyl sites for hydroxylation is 1. The second-order valence-corrected chi connectivity index (χ2v) is 5.42. The Kier molecular flexibility index (Phi) is 2.69. The van der Waals surface area contributed by atoms with Crippen LogP contribution in [0.25, 0.3) is 11.5 Å². The fourth-order valence-electron chi connectivity index (χ4n) is 1.75. The van der Waals surface area contributed by atoms with E-state index in [1.807, 2.05) is 20.8 Å². The molecule has 0 aromatic heterocycles. The molecule has 0 fully saturated rings. The highest BCUT2D eigenvalue weighted by Crippen LogP contribution is 2.18. The first-order valence-corrected chi connectivity index (χ1v) is 5.72. The molecule has 0 radical (unpaired) electrons. The smallest absolute Gasteiger partial charge is 0.352 e. The first-order chi connectivity index (χ1) is 8.64. The van der Waals surface area contributed by atoms with E-state index < -0.39 is 16.7 Å². The number of nitrogens with zero attached hydrogens (tertiary/aromatic N) is 5. The van der Waals surface area contributed by atoms with Gasteiger partial charge in [-0.05, 0) is 20.8 Å². The van der Waals surface area contributed by atoms with E-state index >= 15 is 0 Å². The molecule has 0 amide bonds. The minimum absolute atomic E-state index is 0.0175. The van der Waals surface area contributed by atoms with Gasteiger partial charge in [-0.15, -0.1) is 0 Å². The minimum atomic E-state index is -0.710. The zero-order valence-corrected chi connectivity index (χ0v) is 11.5. The van der Waals surface area contributed by atoms with Crippen molar-refractivity contribution in [2.45, 2.75) is 26.2 Å². The fraction of sp³-hybridized carbons (Fsp3) is 0.545. The number of hydrogen-bond donors (Lipinski definition) is 0. The van der Waals surface area contributed by atoms with E-state index in [1.54, 1.807) is 7.05 Å². The average molecular weight is 265 g/mol. The summed E-state index contributed by atoms with van der Waals surface area (Å²) in [6, 6.07) is 0. The summed E-state index contributed by atoms with van der Waals surface area (Å²) in [5.41, 5.74) is -2.09. The van der Waals surface area contributed by atoms with Crippen LogP contribution in [0.15, 0.2) is 9.59 Å². The van der Waals surface area contributed by atoms with Crippen LogP contribution < -0.4 is 16.0 Å². The number of aromatic nitrogens is 5. The van der Waals surface area contributed by atoms with Gasteiger partial charge in [0.1, 0.15) is 0 Å². The van der Waals surface area contributed by atoms with Gasteiger partial charge < -0.3 is 5.21 Å². The SMILES string of the molecule is Cn1nc(C(C)(C)C)[n+]([O-])c2c(=O)n(C)c(=O)nc1-2. The molecular weight excluding hydrogens is 250 g/mol. The van der Waals surface area contributed by atoms with Crippen LogP contribution >= 0.6 is 0 Å². The summed E-state index contributed by atoms with van der Waals surface area (Å²) in [5.74, 6) is 0.177. The number of fused-ring (bicyclic) bond motifs is 1. The molecule has 2 rings (SSSR count). The van der Waals surface area contributed by atoms with E-state index in [1.165, 1.54) is 11.7 Å². The zero-order chi connectivity index (χ0) is 14.5. The lowest BCUT2D eigenvalue weighted by atomic mass is 9.96. The molecule has 0 spiro atoms. The Bertz CT molecular complexity index is 738. The van der Waals surface area contributed by atoms with Crippen molar-refractivity contribution in [1.29, 1.82) is 0 Å².